The third-order valence-electron chi connectivity index (χ3n) is 4.65. The number of hydrogen-bond acceptors (Lipinski definition) is 6. The van der Waals surface area contributed by atoms with Crippen molar-refractivity contribution < 1.29 is 19.4 Å². The van der Waals surface area contributed by atoms with Crippen LogP contribution in [0.25, 0.3) is 28.5 Å². The molecule has 138 valence electrons. The Kier molecular flexibility index (Phi) is 4.39. The first-order chi connectivity index (χ1) is 13.5. The van der Waals surface area contributed by atoms with Crippen LogP contribution in [0.1, 0.15) is 28.1 Å². The SMILES string of the molecule is O=C(O)c1cc(N=C=S)ccc1-c1c2ccc(=O)cc-2oc2c1CCC(O)=C2. The van der Waals surface area contributed by atoms with Crippen molar-refractivity contribution in [2.24, 2.45) is 4.99 Å². The maximum Gasteiger partial charge on any atom is 0.336 e. The van der Waals surface area contributed by atoms with E-state index in [1.54, 1.807) is 18.2 Å². The van der Waals surface area contributed by atoms with E-state index in [4.69, 9.17) is 4.42 Å². The molecule has 0 saturated heterocycles. The predicted octanol–water partition coefficient (Wildman–Crippen LogP) is 4.69. The smallest absolute Gasteiger partial charge is 0.336 e. The van der Waals surface area contributed by atoms with Gasteiger partial charge in [0.1, 0.15) is 11.5 Å². The first-order valence-corrected chi connectivity index (χ1v) is 8.83. The van der Waals surface area contributed by atoms with Gasteiger partial charge in [-0.2, -0.15) is 4.99 Å². The summed E-state index contributed by atoms with van der Waals surface area (Å²) in [5.41, 5.74) is 2.74. The molecule has 0 atom stereocenters. The maximum atomic E-state index is 11.9. The second-order valence-corrected chi connectivity index (χ2v) is 6.53. The third kappa shape index (κ3) is 3.03. The van der Waals surface area contributed by atoms with Crippen LogP contribution in [0.15, 0.2) is 56.4 Å². The summed E-state index contributed by atoms with van der Waals surface area (Å²) < 4.78 is 5.83. The van der Waals surface area contributed by atoms with Gasteiger partial charge in [0, 0.05) is 35.3 Å². The molecule has 1 aromatic rings. The summed E-state index contributed by atoms with van der Waals surface area (Å²) in [4.78, 5) is 27.6. The van der Waals surface area contributed by atoms with Gasteiger partial charge in [-0.1, -0.05) is 6.07 Å². The number of aliphatic hydroxyl groups is 1. The number of allylic oxidation sites excluding steroid dienone is 1. The van der Waals surface area contributed by atoms with Crippen LogP contribution in [0.4, 0.5) is 5.69 Å². The van der Waals surface area contributed by atoms with Crippen LogP contribution in [0.2, 0.25) is 0 Å². The molecule has 28 heavy (non-hydrogen) atoms. The largest absolute Gasteiger partial charge is 0.512 e. The molecule has 1 heterocycles. The molecule has 4 rings (SSSR count). The number of hydrogen-bond donors (Lipinski definition) is 2. The van der Waals surface area contributed by atoms with Crippen molar-refractivity contribution in [3.05, 3.63) is 69.3 Å². The zero-order valence-electron chi connectivity index (χ0n) is 14.4. The number of rotatable bonds is 3. The third-order valence-corrected chi connectivity index (χ3v) is 4.74. The van der Waals surface area contributed by atoms with E-state index in [1.807, 2.05) is 0 Å². The van der Waals surface area contributed by atoms with Gasteiger partial charge in [-0.15, -0.1) is 0 Å². The van der Waals surface area contributed by atoms with E-state index in [0.717, 1.165) is 5.56 Å². The summed E-state index contributed by atoms with van der Waals surface area (Å²) in [5.74, 6) is -0.212. The van der Waals surface area contributed by atoms with E-state index in [1.165, 1.54) is 24.3 Å². The minimum Gasteiger partial charge on any atom is -0.512 e. The Balaban J connectivity index is 2.11. The molecule has 3 aliphatic rings. The lowest BCUT2D eigenvalue weighted by molar-refractivity contribution is 0.0697. The fourth-order valence-corrected chi connectivity index (χ4v) is 3.56. The van der Waals surface area contributed by atoms with E-state index in [2.05, 4.69) is 22.4 Å². The molecule has 0 unspecified atom stereocenters. The lowest BCUT2D eigenvalue weighted by atomic mass is 9.86. The van der Waals surface area contributed by atoms with Crippen molar-refractivity contribution in [1.29, 1.82) is 0 Å². The normalized spacial score (nSPS) is 12.8. The zero-order valence-corrected chi connectivity index (χ0v) is 15.2. The standard InChI is InChI=1S/C21H13NO5S/c23-12-2-5-15-18(8-12)27-19-9-13(24)3-6-16(19)20(15)14-4-1-11(22-10-28)7-17(14)21(25)26/h1-2,4-5,7-9,24H,3,6H2,(H,25,26). The van der Waals surface area contributed by atoms with Gasteiger partial charge in [-0.3, -0.25) is 4.79 Å². The quantitative estimate of drug-likeness (QED) is 0.496. The van der Waals surface area contributed by atoms with Gasteiger partial charge >= 0.3 is 5.97 Å². The molecule has 1 aromatic carbocycles. The summed E-state index contributed by atoms with van der Waals surface area (Å²) in [7, 11) is 0. The molecule has 0 amide bonds. The molecular formula is C21H13NO5S. The van der Waals surface area contributed by atoms with Crippen LogP contribution in [0.5, 0.6) is 0 Å². The van der Waals surface area contributed by atoms with Crippen molar-refractivity contribution in [2.75, 3.05) is 0 Å². The average molecular weight is 391 g/mol. The van der Waals surface area contributed by atoms with Crippen molar-refractivity contribution >= 4 is 35.1 Å². The van der Waals surface area contributed by atoms with E-state index >= 15 is 0 Å². The van der Waals surface area contributed by atoms with E-state index in [0.29, 0.717) is 46.7 Å². The minimum absolute atomic E-state index is 0.0474. The number of nitrogens with zero attached hydrogens (tertiary/aromatic N) is 1. The molecule has 0 radical (unpaired) electrons. The molecular weight excluding hydrogens is 378 g/mol. The van der Waals surface area contributed by atoms with Crippen LogP contribution >= 0.6 is 12.2 Å². The number of benzene rings is 2. The van der Waals surface area contributed by atoms with Crippen LogP contribution in [0.3, 0.4) is 0 Å². The van der Waals surface area contributed by atoms with Crippen molar-refractivity contribution in [3.8, 4) is 22.5 Å². The molecule has 0 bridgehead atoms. The fourth-order valence-electron chi connectivity index (χ4n) is 3.46. The number of carbonyl (C=O) groups is 1. The van der Waals surface area contributed by atoms with Crippen molar-refractivity contribution in [1.82, 2.24) is 0 Å². The number of aromatic carboxylic acids is 1. The number of carboxylic acid groups (broad SMARTS) is 1. The first-order valence-electron chi connectivity index (χ1n) is 8.43. The molecule has 0 fully saturated rings. The Hall–Kier alpha value is -3.54. The molecule has 0 aromatic heterocycles. The summed E-state index contributed by atoms with van der Waals surface area (Å²) in [6.07, 6.45) is 2.39. The van der Waals surface area contributed by atoms with Gasteiger partial charge in [-0.25, -0.2) is 4.79 Å². The summed E-state index contributed by atoms with van der Waals surface area (Å²) >= 11 is 4.60. The lowest BCUT2D eigenvalue weighted by Crippen LogP contribution is -2.09. The second kappa shape index (κ2) is 6.88. The van der Waals surface area contributed by atoms with Crippen molar-refractivity contribution in [3.63, 3.8) is 0 Å². The number of aliphatic imine (C=N–C) groups is 1. The van der Waals surface area contributed by atoms with Gasteiger partial charge in [0.15, 0.2) is 5.43 Å². The van der Waals surface area contributed by atoms with Crippen molar-refractivity contribution in [2.45, 2.75) is 12.8 Å². The fraction of sp³-hybridized carbons (Fsp3) is 0.0952. The van der Waals surface area contributed by atoms with Gasteiger partial charge in [0.05, 0.1) is 22.2 Å². The minimum atomic E-state index is -1.12. The second-order valence-electron chi connectivity index (χ2n) is 6.35. The summed E-state index contributed by atoms with van der Waals surface area (Å²) in [5, 5.41) is 21.9. The molecule has 1 aliphatic heterocycles. The molecule has 6 nitrogen and oxygen atoms in total. The molecule has 0 spiro atoms. The number of fused-ring (bicyclic) bond motifs is 2. The van der Waals surface area contributed by atoms with E-state index in [9.17, 15) is 19.8 Å². The highest BCUT2D eigenvalue weighted by Gasteiger charge is 2.26. The van der Waals surface area contributed by atoms with Gasteiger partial charge in [-0.05, 0) is 48.5 Å². The topological polar surface area (TPSA) is 100 Å². The van der Waals surface area contributed by atoms with E-state index < -0.39 is 5.97 Å². The average Bonchev–Trinajstić information content (AvgIpc) is 2.66. The van der Waals surface area contributed by atoms with Gasteiger partial charge in [0.2, 0.25) is 0 Å². The van der Waals surface area contributed by atoms with Crippen LogP contribution in [0, 0.1) is 0 Å². The maximum absolute atomic E-state index is 11.9. The predicted molar refractivity (Wildman–Crippen MR) is 108 cm³/mol. The highest BCUT2D eigenvalue weighted by molar-refractivity contribution is 7.78. The van der Waals surface area contributed by atoms with Crippen LogP contribution in [-0.2, 0) is 6.42 Å². The van der Waals surface area contributed by atoms with Gasteiger partial charge in [0.25, 0.3) is 0 Å². The Labute approximate surface area is 164 Å². The molecule has 2 N–H and O–H groups in total. The number of isothiocyanates is 1. The Morgan fingerprint density at radius 2 is 1.93 bits per heavy atom. The Bertz CT molecular complexity index is 1230. The molecule has 0 saturated carbocycles. The number of aliphatic hydroxyl groups excluding tert-OH is 1. The van der Waals surface area contributed by atoms with Crippen LogP contribution < -0.4 is 5.43 Å². The zero-order chi connectivity index (χ0) is 19.8. The first kappa shape index (κ1) is 17.9. The Morgan fingerprint density at radius 3 is 2.68 bits per heavy atom. The molecule has 7 heteroatoms. The van der Waals surface area contributed by atoms with Gasteiger partial charge < -0.3 is 14.6 Å². The summed E-state index contributed by atoms with van der Waals surface area (Å²) in [6.45, 7) is 0. The van der Waals surface area contributed by atoms with Crippen LogP contribution in [-0.4, -0.2) is 21.3 Å². The van der Waals surface area contributed by atoms with E-state index in [-0.39, 0.29) is 16.8 Å². The highest BCUT2D eigenvalue weighted by atomic mass is 32.1. The highest BCUT2D eigenvalue weighted by Crippen LogP contribution is 2.43. The summed E-state index contributed by atoms with van der Waals surface area (Å²) in [6, 6.07) is 9.13. The monoisotopic (exact) mass is 391 g/mol. The lowest BCUT2D eigenvalue weighted by Gasteiger charge is -2.22. The number of thiocarbonyl (C=S) groups is 1. The number of carboxylic acids is 1. The Morgan fingerprint density at radius 1 is 1.14 bits per heavy atom. The molecule has 2 aliphatic carbocycles.